The van der Waals surface area contributed by atoms with Crippen LogP contribution in [0.2, 0.25) is 0 Å². The Balaban J connectivity index is 1.30. The van der Waals surface area contributed by atoms with Gasteiger partial charge in [0.05, 0.1) is 0 Å². The van der Waals surface area contributed by atoms with E-state index >= 15 is 0 Å². The summed E-state index contributed by atoms with van der Waals surface area (Å²) in [4.78, 5) is 0. The molecule has 0 aromatic heterocycles. The molecule has 1 aliphatic heterocycles. The molecule has 5 fully saturated rings. The maximum absolute atomic E-state index is 3.81. The number of fused-ring (bicyclic) bond motifs is 6. The normalized spacial score (nSPS) is 53.1. The van der Waals surface area contributed by atoms with Crippen LogP contribution in [0.25, 0.3) is 0 Å². The molecule has 0 aromatic rings. The van der Waals surface area contributed by atoms with Gasteiger partial charge in [-0.25, -0.2) is 0 Å². The smallest absolute Gasteiger partial charge is 0.0230 e. The highest BCUT2D eigenvalue weighted by atomic mass is 15.2. The first-order valence-corrected chi connectivity index (χ1v) is 13.1. The molecular weight excluding hydrogens is 338 g/mol. The molecule has 0 radical (unpaired) electrons. The number of hydrogen-bond donors (Lipinski definition) is 1. The standard InChI is InChI=1S/C27H47N/c1-17(2)7-6-8-18(3)21-11-12-22-20-10-9-19-15-24-25(28-24)16-27(19,5)23(20)13-14-26(21,22)4/h17-25,28H,6-16H2,1-5H3/t18-,19+,20+,21?,22+,23+,24-,25+,26-,27+/m1/s1. The Morgan fingerprint density at radius 1 is 0.857 bits per heavy atom. The number of rotatable bonds is 5. The molecule has 10 atom stereocenters. The molecule has 1 unspecified atom stereocenters. The fourth-order valence-electron chi connectivity index (χ4n) is 9.70. The average molecular weight is 386 g/mol. The van der Waals surface area contributed by atoms with Crippen LogP contribution in [0.3, 0.4) is 0 Å². The van der Waals surface area contributed by atoms with Crippen LogP contribution in [0.1, 0.15) is 105 Å². The predicted molar refractivity (Wildman–Crippen MR) is 119 cm³/mol. The van der Waals surface area contributed by atoms with E-state index in [1.165, 1.54) is 32.1 Å². The summed E-state index contributed by atoms with van der Waals surface area (Å²) in [5.41, 5.74) is 1.33. The fraction of sp³-hybridized carbons (Fsp3) is 1.00. The maximum Gasteiger partial charge on any atom is 0.0230 e. The largest absolute Gasteiger partial charge is 0.308 e. The fourth-order valence-corrected chi connectivity index (χ4v) is 9.70. The van der Waals surface area contributed by atoms with E-state index in [-0.39, 0.29) is 0 Å². The van der Waals surface area contributed by atoms with Crippen LogP contribution in [0.4, 0.5) is 0 Å². The molecule has 5 aliphatic rings. The van der Waals surface area contributed by atoms with E-state index < -0.39 is 0 Å². The lowest BCUT2D eigenvalue weighted by atomic mass is 9.44. The van der Waals surface area contributed by atoms with Crippen LogP contribution in [0.15, 0.2) is 0 Å². The van der Waals surface area contributed by atoms with Crippen LogP contribution < -0.4 is 5.32 Å². The first-order valence-electron chi connectivity index (χ1n) is 13.1. The molecule has 5 rings (SSSR count). The lowest BCUT2D eigenvalue weighted by molar-refractivity contribution is -0.110. The Kier molecular flexibility index (Phi) is 4.97. The summed E-state index contributed by atoms with van der Waals surface area (Å²) < 4.78 is 0. The Labute approximate surface area is 175 Å². The van der Waals surface area contributed by atoms with Gasteiger partial charge in [-0.2, -0.15) is 0 Å². The van der Waals surface area contributed by atoms with E-state index in [9.17, 15) is 0 Å². The molecule has 28 heavy (non-hydrogen) atoms. The molecule has 0 amide bonds. The van der Waals surface area contributed by atoms with Crippen molar-refractivity contribution < 1.29 is 0 Å². The lowest BCUT2D eigenvalue weighted by Gasteiger charge is -2.60. The predicted octanol–water partition coefficient (Wildman–Crippen LogP) is 7.06. The highest BCUT2D eigenvalue weighted by Crippen LogP contribution is 2.69. The third-order valence-corrected chi connectivity index (χ3v) is 11.3. The molecule has 1 saturated heterocycles. The highest BCUT2D eigenvalue weighted by Gasteiger charge is 2.63. The van der Waals surface area contributed by atoms with Crippen molar-refractivity contribution in [3.05, 3.63) is 0 Å². The quantitative estimate of drug-likeness (QED) is 0.503. The molecule has 0 aromatic carbocycles. The number of nitrogens with one attached hydrogen (secondary N) is 1. The molecule has 1 heteroatoms. The molecule has 160 valence electrons. The van der Waals surface area contributed by atoms with E-state index in [4.69, 9.17) is 0 Å². The van der Waals surface area contributed by atoms with Crippen molar-refractivity contribution in [2.24, 2.45) is 52.3 Å². The van der Waals surface area contributed by atoms with Gasteiger partial charge in [0.2, 0.25) is 0 Å². The van der Waals surface area contributed by atoms with Crippen molar-refractivity contribution in [3.63, 3.8) is 0 Å². The van der Waals surface area contributed by atoms with Crippen molar-refractivity contribution in [3.8, 4) is 0 Å². The van der Waals surface area contributed by atoms with E-state index in [1.807, 2.05) is 0 Å². The molecule has 4 saturated carbocycles. The Bertz CT molecular complexity index is 583. The van der Waals surface area contributed by atoms with Gasteiger partial charge < -0.3 is 5.32 Å². The van der Waals surface area contributed by atoms with Gasteiger partial charge in [0, 0.05) is 12.1 Å². The maximum atomic E-state index is 3.81. The van der Waals surface area contributed by atoms with Gasteiger partial charge in [0.1, 0.15) is 0 Å². The minimum absolute atomic E-state index is 0.663. The molecule has 1 N–H and O–H groups in total. The van der Waals surface area contributed by atoms with Crippen LogP contribution in [-0.4, -0.2) is 12.1 Å². The van der Waals surface area contributed by atoms with Gasteiger partial charge in [-0.1, -0.05) is 53.9 Å². The Morgan fingerprint density at radius 3 is 2.43 bits per heavy atom. The molecule has 0 spiro atoms. The zero-order chi connectivity index (χ0) is 19.7. The topological polar surface area (TPSA) is 21.9 Å². The van der Waals surface area contributed by atoms with Gasteiger partial charge in [0.25, 0.3) is 0 Å². The summed E-state index contributed by atoms with van der Waals surface area (Å²) >= 11 is 0. The van der Waals surface area contributed by atoms with Gasteiger partial charge in [0.15, 0.2) is 0 Å². The average Bonchev–Trinajstić information content (AvgIpc) is 3.27. The van der Waals surface area contributed by atoms with Gasteiger partial charge >= 0.3 is 0 Å². The van der Waals surface area contributed by atoms with Gasteiger partial charge in [-0.15, -0.1) is 0 Å². The lowest BCUT2D eigenvalue weighted by Crippen LogP contribution is -2.54. The van der Waals surface area contributed by atoms with Crippen LogP contribution in [-0.2, 0) is 0 Å². The van der Waals surface area contributed by atoms with Crippen LogP contribution >= 0.6 is 0 Å². The summed E-state index contributed by atoms with van der Waals surface area (Å²) in [6.45, 7) is 12.9. The second-order valence-electron chi connectivity index (χ2n) is 13.0. The zero-order valence-electron chi connectivity index (χ0n) is 19.5. The second kappa shape index (κ2) is 7.00. The molecule has 0 bridgehead atoms. The second-order valence-corrected chi connectivity index (χ2v) is 13.0. The monoisotopic (exact) mass is 385 g/mol. The summed E-state index contributed by atoms with van der Waals surface area (Å²) in [5.74, 6) is 7.01. The third kappa shape index (κ3) is 3.04. The number of hydrogen-bond acceptors (Lipinski definition) is 1. The first kappa shape index (κ1) is 19.9. The minimum Gasteiger partial charge on any atom is -0.308 e. The van der Waals surface area contributed by atoms with Crippen LogP contribution in [0.5, 0.6) is 0 Å². The van der Waals surface area contributed by atoms with Crippen LogP contribution in [0, 0.1) is 52.3 Å². The Morgan fingerprint density at radius 2 is 1.64 bits per heavy atom. The summed E-state index contributed by atoms with van der Waals surface area (Å²) in [6.07, 6.45) is 16.7. The van der Waals surface area contributed by atoms with E-state index in [0.29, 0.717) is 10.8 Å². The van der Waals surface area contributed by atoms with Crippen molar-refractivity contribution in [2.75, 3.05) is 0 Å². The summed E-state index contributed by atoms with van der Waals surface area (Å²) in [7, 11) is 0. The Hall–Kier alpha value is -0.0400. The third-order valence-electron chi connectivity index (χ3n) is 11.3. The van der Waals surface area contributed by atoms with E-state index in [0.717, 1.165) is 53.5 Å². The molecule has 1 nitrogen and oxygen atoms in total. The van der Waals surface area contributed by atoms with Crippen molar-refractivity contribution >= 4 is 0 Å². The minimum atomic E-state index is 0.663. The van der Waals surface area contributed by atoms with E-state index in [2.05, 4.69) is 39.9 Å². The van der Waals surface area contributed by atoms with E-state index in [1.54, 1.807) is 38.5 Å². The summed E-state index contributed by atoms with van der Waals surface area (Å²) in [6, 6.07) is 1.80. The molecule has 1 heterocycles. The van der Waals surface area contributed by atoms with Crippen molar-refractivity contribution in [2.45, 2.75) is 117 Å². The summed E-state index contributed by atoms with van der Waals surface area (Å²) in [5, 5.41) is 3.81. The highest BCUT2D eigenvalue weighted by molar-refractivity contribution is 5.15. The SMILES string of the molecule is CC(C)CCC[C@@H](C)C1CC[C@H]2[C@@H]3CC[C@H]4C[C@H]5N[C@H]5C[C@]4(C)[C@H]3CC[C@]12C. The first-order chi connectivity index (χ1) is 13.3. The zero-order valence-corrected chi connectivity index (χ0v) is 19.5. The molecular formula is C27H47N. The van der Waals surface area contributed by atoms with Crippen molar-refractivity contribution in [1.29, 1.82) is 0 Å². The molecule has 4 aliphatic carbocycles. The van der Waals surface area contributed by atoms with Crippen molar-refractivity contribution in [1.82, 2.24) is 5.32 Å². The van der Waals surface area contributed by atoms with Gasteiger partial charge in [-0.05, 0) is 104 Å². The van der Waals surface area contributed by atoms with Gasteiger partial charge in [-0.3, -0.25) is 0 Å².